The lowest BCUT2D eigenvalue weighted by Crippen LogP contribution is -2.31. The minimum atomic E-state index is -0.842. The molecule has 0 aliphatic heterocycles. The van der Waals surface area contributed by atoms with Gasteiger partial charge in [0, 0.05) is 38.6 Å². The van der Waals surface area contributed by atoms with E-state index >= 15 is 0 Å². The zero-order valence-electron chi connectivity index (χ0n) is 12.2. The Hall–Kier alpha value is -2.11. The van der Waals surface area contributed by atoms with Crippen molar-refractivity contribution in [2.75, 3.05) is 31.6 Å². The number of carbonyl (C=O) groups is 2. The molecule has 0 fully saturated rings. The summed E-state index contributed by atoms with van der Waals surface area (Å²) in [5.41, 5.74) is 1.17. The van der Waals surface area contributed by atoms with Gasteiger partial charge in [-0.2, -0.15) is 0 Å². The third-order valence-corrected chi connectivity index (χ3v) is 3.12. The first-order chi connectivity index (χ1) is 9.49. The number of hydrogen-bond donors (Lipinski definition) is 1. The number of aromatic nitrogens is 1. The lowest BCUT2D eigenvalue weighted by atomic mass is 10.2. The van der Waals surface area contributed by atoms with Crippen molar-refractivity contribution in [3.05, 3.63) is 24.0 Å². The summed E-state index contributed by atoms with van der Waals surface area (Å²) in [7, 11) is 1.80. The fraction of sp³-hybridized carbons (Fsp3) is 0.500. The van der Waals surface area contributed by atoms with Crippen molar-refractivity contribution in [1.29, 1.82) is 0 Å². The zero-order chi connectivity index (χ0) is 15.1. The van der Waals surface area contributed by atoms with E-state index in [-0.39, 0.29) is 12.3 Å². The summed E-state index contributed by atoms with van der Waals surface area (Å²) >= 11 is 0. The summed E-state index contributed by atoms with van der Waals surface area (Å²) in [6, 6.07) is 3.46. The second-order valence-electron chi connectivity index (χ2n) is 4.44. The van der Waals surface area contributed by atoms with Crippen LogP contribution in [0.25, 0.3) is 0 Å². The standard InChI is InChI=1S/C14H21N3O3/c1-4-17(5-2)14(20)12-10-11(6-8-15-12)16(3)9-7-13(18)19/h6,8,10H,4-5,7,9H2,1-3H3,(H,18,19). The number of carbonyl (C=O) groups excluding carboxylic acids is 1. The van der Waals surface area contributed by atoms with Crippen molar-refractivity contribution in [3.63, 3.8) is 0 Å². The summed E-state index contributed by atoms with van der Waals surface area (Å²) in [4.78, 5) is 30.4. The van der Waals surface area contributed by atoms with Gasteiger partial charge in [0.2, 0.25) is 0 Å². The van der Waals surface area contributed by atoms with Crippen LogP contribution in [-0.4, -0.2) is 53.5 Å². The van der Waals surface area contributed by atoms with Gasteiger partial charge in [-0.05, 0) is 26.0 Å². The highest BCUT2D eigenvalue weighted by molar-refractivity contribution is 5.93. The Morgan fingerprint density at radius 3 is 2.50 bits per heavy atom. The predicted octanol–water partition coefficient (Wildman–Crippen LogP) is 1.47. The summed E-state index contributed by atoms with van der Waals surface area (Å²) in [5, 5.41) is 8.69. The van der Waals surface area contributed by atoms with Crippen molar-refractivity contribution < 1.29 is 14.7 Å². The van der Waals surface area contributed by atoms with E-state index in [4.69, 9.17) is 5.11 Å². The van der Waals surface area contributed by atoms with Gasteiger partial charge in [-0.3, -0.25) is 14.6 Å². The van der Waals surface area contributed by atoms with Crippen LogP contribution in [0.4, 0.5) is 5.69 Å². The average molecular weight is 279 g/mol. The van der Waals surface area contributed by atoms with Crippen LogP contribution in [-0.2, 0) is 4.79 Å². The molecule has 0 aliphatic rings. The number of hydrogen-bond acceptors (Lipinski definition) is 4. The van der Waals surface area contributed by atoms with Crippen molar-refractivity contribution >= 4 is 17.6 Å². The largest absolute Gasteiger partial charge is 0.481 e. The predicted molar refractivity (Wildman–Crippen MR) is 77.0 cm³/mol. The van der Waals surface area contributed by atoms with E-state index in [0.717, 1.165) is 5.69 Å². The smallest absolute Gasteiger partial charge is 0.305 e. The minimum absolute atomic E-state index is 0.0537. The average Bonchev–Trinajstić information content (AvgIpc) is 2.46. The Morgan fingerprint density at radius 2 is 1.95 bits per heavy atom. The molecule has 1 heterocycles. The lowest BCUT2D eigenvalue weighted by molar-refractivity contribution is -0.136. The van der Waals surface area contributed by atoms with E-state index in [0.29, 0.717) is 25.3 Å². The fourth-order valence-corrected chi connectivity index (χ4v) is 1.84. The van der Waals surface area contributed by atoms with Crippen LogP contribution in [0, 0.1) is 0 Å². The van der Waals surface area contributed by atoms with E-state index in [1.165, 1.54) is 0 Å². The molecule has 1 rings (SSSR count). The molecular formula is C14H21N3O3. The number of pyridine rings is 1. The molecule has 0 saturated carbocycles. The number of carboxylic acids is 1. The van der Waals surface area contributed by atoms with Gasteiger partial charge in [-0.25, -0.2) is 0 Å². The van der Waals surface area contributed by atoms with E-state index in [9.17, 15) is 9.59 Å². The van der Waals surface area contributed by atoms with Crippen molar-refractivity contribution in [1.82, 2.24) is 9.88 Å². The normalized spacial score (nSPS) is 10.2. The summed E-state index contributed by atoms with van der Waals surface area (Å²) in [5.74, 6) is -0.950. The summed E-state index contributed by atoms with van der Waals surface area (Å²) < 4.78 is 0. The maximum Gasteiger partial charge on any atom is 0.305 e. The SMILES string of the molecule is CCN(CC)C(=O)c1cc(N(C)CCC(=O)O)ccn1. The molecule has 1 amide bonds. The molecule has 0 unspecified atom stereocenters. The first-order valence-corrected chi connectivity index (χ1v) is 6.67. The van der Waals surface area contributed by atoms with Gasteiger partial charge in [-0.1, -0.05) is 0 Å². The lowest BCUT2D eigenvalue weighted by Gasteiger charge is -2.21. The summed E-state index contributed by atoms with van der Waals surface area (Å²) in [6.07, 6.45) is 1.63. The molecule has 0 radical (unpaired) electrons. The molecule has 1 aromatic rings. The molecule has 0 bridgehead atoms. The molecule has 1 aromatic heterocycles. The number of carboxylic acid groups (broad SMARTS) is 1. The van der Waals surface area contributed by atoms with E-state index < -0.39 is 5.97 Å². The first-order valence-electron chi connectivity index (χ1n) is 6.67. The Kier molecular flexibility index (Phi) is 5.96. The highest BCUT2D eigenvalue weighted by atomic mass is 16.4. The monoisotopic (exact) mass is 279 g/mol. The van der Waals surface area contributed by atoms with Crippen LogP contribution < -0.4 is 4.90 Å². The highest BCUT2D eigenvalue weighted by Gasteiger charge is 2.15. The molecule has 0 saturated heterocycles. The maximum absolute atomic E-state index is 12.2. The number of amides is 1. The molecule has 1 N–H and O–H groups in total. The second kappa shape index (κ2) is 7.47. The Labute approximate surface area is 119 Å². The topological polar surface area (TPSA) is 73.7 Å². The van der Waals surface area contributed by atoms with E-state index in [1.54, 1.807) is 35.2 Å². The highest BCUT2D eigenvalue weighted by Crippen LogP contribution is 2.14. The molecule has 0 atom stereocenters. The third kappa shape index (κ3) is 4.22. The maximum atomic E-state index is 12.2. The van der Waals surface area contributed by atoms with E-state index in [1.807, 2.05) is 13.8 Å². The van der Waals surface area contributed by atoms with Crippen LogP contribution in [0.5, 0.6) is 0 Å². The van der Waals surface area contributed by atoms with Crippen LogP contribution in [0.1, 0.15) is 30.8 Å². The Morgan fingerprint density at radius 1 is 1.30 bits per heavy atom. The van der Waals surface area contributed by atoms with Gasteiger partial charge in [-0.15, -0.1) is 0 Å². The third-order valence-electron chi connectivity index (χ3n) is 3.12. The van der Waals surface area contributed by atoms with Gasteiger partial charge in [0.05, 0.1) is 6.42 Å². The van der Waals surface area contributed by atoms with Crippen LogP contribution >= 0.6 is 0 Å². The van der Waals surface area contributed by atoms with Crippen LogP contribution in [0.2, 0.25) is 0 Å². The van der Waals surface area contributed by atoms with Crippen LogP contribution in [0.15, 0.2) is 18.3 Å². The Bertz CT molecular complexity index is 472. The summed E-state index contributed by atoms with van der Waals surface area (Å²) in [6.45, 7) is 5.50. The number of anilines is 1. The van der Waals surface area contributed by atoms with Gasteiger partial charge in [0.1, 0.15) is 5.69 Å². The molecule has 20 heavy (non-hydrogen) atoms. The minimum Gasteiger partial charge on any atom is -0.481 e. The molecular weight excluding hydrogens is 258 g/mol. The van der Waals surface area contributed by atoms with Gasteiger partial charge < -0.3 is 14.9 Å². The quantitative estimate of drug-likeness (QED) is 0.818. The second-order valence-corrected chi connectivity index (χ2v) is 4.44. The van der Waals surface area contributed by atoms with Crippen LogP contribution in [0.3, 0.4) is 0 Å². The molecule has 6 nitrogen and oxygen atoms in total. The van der Waals surface area contributed by atoms with Crippen molar-refractivity contribution in [2.45, 2.75) is 20.3 Å². The number of rotatable bonds is 7. The molecule has 110 valence electrons. The van der Waals surface area contributed by atoms with Gasteiger partial charge in [0.25, 0.3) is 5.91 Å². The molecule has 0 aliphatic carbocycles. The molecule has 0 aromatic carbocycles. The van der Waals surface area contributed by atoms with Gasteiger partial charge >= 0.3 is 5.97 Å². The van der Waals surface area contributed by atoms with E-state index in [2.05, 4.69) is 4.98 Å². The first kappa shape index (κ1) is 15.9. The number of aliphatic carboxylic acids is 1. The fourth-order valence-electron chi connectivity index (χ4n) is 1.84. The number of nitrogens with zero attached hydrogens (tertiary/aromatic N) is 3. The molecule has 0 spiro atoms. The zero-order valence-corrected chi connectivity index (χ0v) is 12.2. The van der Waals surface area contributed by atoms with Gasteiger partial charge in [0.15, 0.2) is 0 Å². The Balaban J connectivity index is 2.84. The van der Waals surface area contributed by atoms with Crippen molar-refractivity contribution in [3.8, 4) is 0 Å². The van der Waals surface area contributed by atoms with Crippen molar-refractivity contribution in [2.24, 2.45) is 0 Å². The molecule has 6 heteroatoms.